The molecule has 0 bridgehead atoms. The van der Waals surface area contributed by atoms with E-state index in [4.69, 9.17) is 11.6 Å². The van der Waals surface area contributed by atoms with E-state index in [1.54, 1.807) is 0 Å². The number of hydrogen-bond acceptors (Lipinski definition) is 1. The average molecular weight is 366 g/mol. The number of benzene rings is 3. The van der Waals surface area contributed by atoms with Crippen LogP contribution in [0.2, 0.25) is 5.02 Å². The third-order valence-electron chi connectivity index (χ3n) is 5.18. The highest BCUT2D eigenvalue weighted by atomic mass is 35.5. The van der Waals surface area contributed by atoms with Gasteiger partial charge in [-0.15, -0.1) is 0 Å². The molecule has 1 aliphatic heterocycles. The third-order valence-corrected chi connectivity index (χ3v) is 5.54. The van der Waals surface area contributed by atoms with Crippen molar-refractivity contribution in [2.75, 3.05) is 26.2 Å². The van der Waals surface area contributed by atoms with Gasteiger partial charge >= 0.3 is 0 Å². The van der Waals surface area contributed by atoms with Gasteiger partial charge in [0.15, 0.2) is 0 Å². The number of halogens is 1. The lowest BCUT2D eigenvalue weighted by Gasteiger charge is -2.32. The summed E-state index contributed by atoms with van der Waals surface area (Å²) in [7, 11) is 0. The second kappa shape index (κ2) is 7.48. The van der Waals surface area contributed by atoms with Crippen LogP contribution in [0.5, 0.6) is 0 Å². The van der Waals surface area contributed by atoms with Crippen LogP contribution in [0.4, 0.5) is 0 Å². The number of nitrogens with zero attached hydrogens (tertiary/aromatic N) is 1. The Kier molecular flexibility index (Phi) is 4.91. The minimum Gasteiger partial charge on any atom is -0.328 e. The van der Waals surface area contributed by atoms with Gasteiger partial charge in [-0.2, -0.15) is 0 Å². The molecule has 1 heterocycles. The van der Waals surface area contributed by atoms with E-state index in [9.17, 15) is 4.79 Å². The summed E-state index contributed by atoms with van der Waals surface area (Å²) in [4.78, 5) is 16.5. The fourth-order valence-electron chi connectivity index (χ4n) is 3.70. The number of carbonyl (C=O) groups is 1. The first kappa shape index (κ1) is 17.1. The molecule has 0 saturated carbocycles. The molecular formula is C22H22ClN2O+. The van der Waals surface area contributed by atoms with Crippen molar-refractivity contribution in [1.82, 2.24) is 4.90 Å². The van der Waals surface area contributed by atoms with Crippen molar-refractivity contribution in [1.29, 1.82) is 0 Å². The summed E-state index contributed by atoms with van der Waals surface area (Å²) < 4.78 is 0. The maximum absolute atomic E-state index is 13.0. The van der Waals surface area contributed by atoms with E-state index in [-0.39, 0.29) is 5.91 Å². The molecule has 1 saturated heterocycles. The van der Waals surface area contributed by atoms with Gasteiger partial charge in [-0.1, -0.05) is 66.2 Å². The SMILES string of the molecule is O=C(c1cccc2ccccc12)N1CC[NH+](Cc2ccccc2Cl)CC1. The summed E-state index contributed by atoms with van der Waals surface area (Å²) in [6, 6.07) is 22.1. The Labute approximate surface area is 158 Å². The molecule has 132 valence electrons. The minimum atomic E-state index is 0.138. The largest absolute Gasteiger partial charge is 0.328 e. The van der Waals surface area contributed by atoms with Crippen LogP contribution in [0, 0.1) is 0 Å². The molecular weight excluding hydrogens is 344 g/mol. The fourth-order valence-corrected chi connectivity index (χ4v) is 3.90. The van der Waals surface area contributed by atoms with Gasteiger partial charge in [0.25, 0.3) is 5.91 Å². The van der Waals surface area contributed by atoms with E-state index in [1.165, 1.54) is 10.5 Å². The van der Waals surface area contributed by atoms with Gasteiger partial charge in [-0.05, 0) is 22.9 Å². The van der Waals surface area contributed by atoms with Crippen molar-refractivity contribution in [2.45, 2.75) is 6.54 Å². The maximum atomic E-state index is 13.0. The van der Waals surface area contributed by atoms with Crippen molar-refractivity contribution in [2.24, 2.45) is 0 Å². The Morgan fingerprint density at radius 2 is 1.62 bits per heavy atom. The minimum absolute atomic E-state index is 0.138. The molecule has 0 aliphatic carbocycles. The van der Waals surface area contributed by atoms with Crippen molar-refractivity contribution in [3.05, 3.63) is 82.9 Å². The smallest absolute Gasteiger partial charge is 0.254 e. The molecule has 26 heavy (non-hydrogen) atoms. The van der Waals surface area contributed by atoms with Crippen LogP contribution in [-0.4, -0.2) is 37.0 Å². The standard InChI is InChI=1S/C22H21ClN2O/c23-21-11-4-2-7-18(21)16-24-12-14-25(15-13-24)22(26)20-10-5-8-17-6-1-3-9-19(17)20/h1-11H,12-16H2/p+1. The van der Waals surface area contributed by atoms with E-state index in [2.05, 4.69) is 18.2 Å². The highest BCUT2D eigenvalue weighted by molar-refractivity contribution is 6.31. The molecule has 4 heteroatoms. The van der Waals surface area contributed by atoms with Gasteiger partial charge in [0.2, 0.25) is 0 Å². The van der Waals surface area contributed by atoms with Gasteiger partial charge in [0.05, 0.1) is 26.2 Å². The van der Waals surface area contributed by atoms with E-state index in [0.29, 0.717) is 0 Å². The first-order valence-electron chi connectivity index (χ1n) is 9.06. The predicted octanol–water partition coefficient (Wildman–Crippen LogP) is 3.03. The average Bonchev–Trinajstić information content (AvgIpc) is 2.69. The lowest BCUT2D eigenvalue weighted by atomic mass is 10.0. The number of amides is 1. The molecule has 0 atom stereocenters. The topological polar surface area (TPSA) is 24.8 Å². The number of carbonyl (C=O) groups excluding carboxylic acids is 1. The van der Waals surface area contributed by atoms with Crippen LogP contribution in [-0.2, 0) is 6.54 Å². The van der Waals surface area contributed by atoms with E-state index < -0.39 is 0 Å². The number of quaternary nitrogens is 1. The Balaban J connectivity index is 1.44. The second-order valence-corrected chi connectivity index (χ2v) is 7.24. The summed E-state index contributed by atoms with van der Waals surface area (Å²) in [5, 5.41) is 2.97. The zero-order valence-electron chi connectivity index (χ0n) is 14.6. The highest BCUT2D eigenvalue weighted by Crippen LogP contribution is 2.20. The highest BCUT2D eigenvalue weighted by Gasteiger charge is 2.25. The molecule has 4 rings (SSSR count). The summed E-state index contributed by atoms with van der Waals surface area (Å²) in [5.41, 5.74) is 1.98. The van der Waals surface area contributed by atoms with Gasteiger partial charge in [-0.25, -0.2) is 0 Å². The Morgan fingerprint density at radius 3 is 2.42 bits per heavy atom. The fraction of sp³-hybridized carbons (Fsp3) is 0.227. The lowest BCUT2D eigenvalue weighted by molar-refractivity contribution is -0.917. The maximum Gasteiger partial charge on any atom is 0.254 e. The van der Waals surface area contributed by atoms with Gasteiger partial charge in [0, 0.05) is 16.1 Å². The number of nitrogens with one attached hydrogen (secondary N) is 1. The third kappa shape index (κ3) is 3.46. The Hall–Kier alpha value is -2.36. The van der Waals surface area contributed by atoms with Crippen molar-refractivity contribution < 1.29 is 9.69 Å². The molecule has 0 unspecified atom stereocenters. The molecule has 0 aromatic heterocycles. The van der Waals surface area contributed by atoms with Crippen LogP contribution in [0.15, 0.2) is 66.7 Å². The quantitative estimate of drug-likeness (QED) is 0.758. The summed E-state index contributed by atoms with van der Waals surface area (Å²) in [6.07, 6.45) is 0. The van der Waals surface area contributed by atoms with Crippen LogP contribution in [0.1, 0.15) is 15.9 Å². The molecule has 1 N–H and O–H groups in total. The molecule has 3 nitrogen and oxygen atoms in total. The van der Waals surface area contributed by atoms with Crippen LogP contribution in [0.3, 0.4) is 0 Å². The first-order chi connectivity index (χ1) is 12.7. The van der Waals surface area contributed by atoms with Crippen LogP contribution >= 0.6 is 11.6 Å². The second-order valence-electron chi connectivity index (χ2n) is 6.84. The van der Waals surface area contributed by atoms with Crippen LogP contribution in [0.25, 0.3) is 10.8 Å². The van der Waals surface area contributed by atoms with Crippen LogP contribution < -0.4 is 4.90 Å². The lowest BCUT2D eigenvalue weighted by Crippen LogP contribution is -3.13. The molecule has 1 amide bonds. The summed E-state index contributed by atoms with van der Waals surface area (Å²) in [6.45, 7) is 4.36. The van der Waals surface area contributed by atoms with E-state index in [1.807, 2.05) is 53.4 Å². The van der Waals surface area contributed by atoms with E-state index >= 15 is 0 Å². The molecule has 3 aromatic rings. The molecule has 1 aliphatic rings. The molecule has 1 fully saturated rings. The van der Waals surface area contributed by atoms with Crippen molar-refractivity contribution in [3.8, 4) is 0 Å². The van der Waals surface area contributed by atoms with Crippen molar-refractivity contribution in [3.63, 3.8) is 0 Å². The molecule has 0 spiro atoms. The van der Waals surface area contributed by atoms with Gasteiger partial charge in [-0.3, -0.25) is 4.79 Å². The predicted molar refractivity (Wildman–Crippen MR) is 106 cm³/mol. The Morgan fingerprint density at radius 1 is 0.923 bits per heavy atom. The van der Waals surface area contributed by atoms with Gasteiger partial charge in [0.1, 0.15) is 6.54 Å². The summed E-state index contributed by atoms with van der Waals surface area (Å²) in [5.74, 6) is 0.138. The summed E-state index contributed by atoms with van der Waals surface area (Å²) >= 11 is 6.28. The zero-order chi connectivity index (χ0) is 17.9. The van der Waals surface area contributed by atoms with Crippen molar-refractivity contribution >= 4 is 28.3 Å². The molecule has 0 radical (unpaired) electrons. The van der Waals surface area contributed by atoms with E-state index in [0.717, 1.165) is 54.1 Å². The van der Waals surface area contributed by atoms with Gasteiger partial charge < -0.3 is 9.80 Å². The number of piperazine rings is 1. The zero-order valence-corrected chi connectivity index (χ0v) is 15.4. The monoisotopic (exact) mass is 365 g/mol. The number of fused-ring (bicyclic) bond motifs is 1. The normalized spacial score (nSPS) is 15.3. The number of rotatable bonds is 3. The number of hydrogen-bond donors (Lipinski definition) is 1. The Bertz CT molecular complexity index is 927. The molecule has 3 aromatic carbocycles. The first-order valence-corrected chi connectivity index (χ1v) is 9.44.